The van der Waals surface area contributed by atoms with Crippen LogP contribution in [0.2, 0.25) is 0 Å². The van der Waals surface area contributed by atoms with Crippen molar-refractivity contribution in [3.05, 3.63) is 17.3 Å². The van der Waals surface area contributed by atoms with Gasteiger partial charge in [0, 0.05) is 5.41 Å². The zero-order valence-electron chi connectivity index (χ0n) is 11.7. The van der Waals surface area contributed by atoms with E-state index in [0.717, 1.165) is 32.1 Å². The zero-order valence-corrected chi connectivity index (χ0v) is 11.7. The van der Waals surface area contributed by atoms with Crippen LogP contribution in [0.3, 0.4) is 0 Å². The van der Waals surface area contributed by atoms with Gasteiger partial charge >= 0.3 is 11.9 Å². The highest BCUT2D eigenvalue weighted by molar-refractivity contribution is 5.98. The van der Waals surface area contributed by atoms with Crippen LogP contribution in [0.4, 0.5) is 0 Å². The van der Waals surface area contributed by atoms with Crippen LogP contribution < -0.4 is 0 Å². The molecule has 0 amide bonds. The van der Waals surface area contributed by atoms with Crippen molar-refractivity contribution in [1.82, 2.24) is 4.98 Å². The summed E-state index contributed by atoms with van der Waals surface area (Å²) in [5.41, 5.74) is -0.811. The Balaban J connectivity index is 2.47. The summed E-state index contributed by atoms with van der Waals surface area (Å²) in [5.74, 6) is -2.64. The summed E-state index contributed by atoms with van der Waals surface area (Å²) >= 11 is 0. The third-order valence-corrected chi connectivity index (χ3v) is 3.84. The van der Waals surface area contributed by atoms with E-state index in [0.29, 0.717) is 5.92 Å². The molecule has 2 N–H and O–H groups in total. The molecule has 2 rings (SSSR count). The lowest BCUT2D eigenvalue weighted by molar-refractivity contribution is 0.0621. The molecule has 0 aromatic carbocycles. The summed E-state index contributed by atoms with van der Waals surface area (Å²) in [6, 6.07) is 0. The fraction of sp³-hybridized carbons (Fsp3) is 0.643. The van der Waals surface area contributed by atoms with Crippen molar-refractivity contribution in [2.75, 3.05) is 0 Å². The van der Waals surface area contributed by atoms with Crippen LogP contribution in [0.1, 0.15) is 72.9 Å². The van der Waals surface area contributed by atoms with Gasteiger partial charge in [-0.3, -0.25) is 0 Å². The van der Waals surface area contributed by atoms with Gasteiger partial charge in [-0.1, -0.05) is 26.7 Å². The first-order chi connectivity index (χ1) is 9.35. The minimum Gasteiger partial charge on any atom is -0.476 e. The van der Waals surface area contributed by atoms with Gasteiger partial charge in [0.15, 0.2) is 0 Å². The van der Waals surface area contributed by atoms with Crippen LogP contribution in [-0.2, 0) is 5.41 Å². The molecule has 1 aromatic heterocycles. The van der Waals surface area contributed by atoms with Crippen molar-refractivity contribution < 1.29 is 24.2 Å². The summed E-state index contributed by atoms with van der Waals surface area (Å²) in [4.78, 5) is 26.2. The molecule has 0 spiro atoms. The molecule has 1 saturated carbocycles. The fourth-order valence-electron chi connectivity index (χ4n) is 3.18. The standard InChI is InChI=1S/C14H19NO5/c1-8(2)7-14(5-3-4-6-14)13-15-9(11(16)17)10(20-13)12(18)19/h8H,3-7H2,1-2H3,(H,16,17)(H,18,19). The predicted octanol–water partition coefficient (Wildman–Crippen LogP) is 2.93. The van der Waals surface area contributed by atoms with Gasteiger partial charge in [-0.15, -0.1) is 0 Å². The summed E-state index contributed by atoms with van der Waals surface area (Å²) in [7, 11) is 0. The average Bonchev–Trinajstić information content (AvgIpc) is 2.93. The third-order valence-electron chi connectivity index (χ3n) is 3.84. The monoisotopic (exact) mass is 281 g/mol. The second-order valence-electron chi connectivity index (χ2n) is 5.89. The molecule has 1 heterocycles. The molecular weight excluding hydrogens is 262 g/mol. The predicted molar refractivity (Wildman–Crippen MR) is 70.0 cm³/mol. The number of hydrogen-bond donors (Lipinski definition) is 2. The lowest BCUT2D eigenvalue weighted by atomic mass is 9.78. The normalized spacial score (nSPS) is 17.6. The van der Waals surface area contributed by atoms with E-state index in [9.17, 15) is 9.59 Å². The Morgan fingerprint density at radius 2 is 1.85 bits per heavy atom. The summed E-state index contributed by atoms with van der Waals surface area (Å²) in [6.07, 6.45) is 4.61. The van der Waals surface area contributed by atoms with E-state index >= 15 is 0 Å². The molecule has 20 heavy (non-hydrogen) atoms. The Morgan fingerprint density at radius 3 is 2.25 bits per heavy atom. The van der Waals surface area contributed by atoms with Crippen molar-refractivity contribution in [3.8, 4) is 0 Å². The van der Waals surface area contributed by atoms with Crippen molar-refractivity contribution in [1.29, 1.82) is 0 Å². The highest BCUT2D eigenvalue weighted by Crippen LogP contribution is 2.45. The number of carbonyl (C=O) groups is 2. The van der Waals surface area contributed by atoms with E-state index in [1.807, 2.05) is 0 Å². The maximum atomic E-state index is 11.1. The molecule has 1 aliphatic carbocycles. The van der Waals surface area contributed by atoms with Crippen molar-refractivity contribution in [2.24, 2.45) is 5.92 Å². The topological polar surface area (TPSA) is 101 Å². The molecule has 0 atom stereocenters. The maximum Gasteiger partial charge on any atom is 0.374 e. The SMILES string of the molecule is CC(C)CC1(c2nc(C(=O)O)c(C(=O)O)o2)CCCC1. The number of rotatable bonds is 5. The molecule has 1 aliphatic rings. The van der Waals surface area contributed by atoms with Crippen LogP contribution in [0.5, 0.6) is 0 Å². The molecule has 1 aromatic rings. The van der Waals surface area contributed by atoms with Crippen LogP contribution in [0.15, 0.2) is 4.42 Å². The summed E-state index contributed by atoms with van der Waals surface area (Å²) < 4.78 is 5.33. The van der Waals surface area contributed by atoms with E-state index in [2.05, 4.69) is 18.8 Å². The van der Waals surface area contributed by atoms with E-state index in [1.54, 1.807) is 0 Å². The number of aromatic nitrogens is 1. The third kappa shape index (κ3) is 2.55. The molecular formula is C14H19NO5. The van der Waals surface area contributed by atoms with Crippen LogP contribution in [0, 0.1) is 5.92 Å². The van der Waals surface area contributed by atoms with E-state index in [1.165, 1.54) is 0 Å². The van der Waals surface area contributed by atoms with Crippen molar-refractivity contribution in [2.45, 2.75) is 51.4 Å². The van der Waals surface area contributed by atoms with Gasteiger partial charge in [0.2, 0.25) is 17.3 Å². The molecule has 0 saturated heterocycles. The van der Waals surface area contributed by atoms with Gasteiger partial charge in [0.1, 0.15) is 0 Å². The Morgan fingerprint density at radius 1 is 1.25 bits per heavy atom. The minimum atomic E-state index is -1.39. The van der Waals surface area contributed by atoms with E-state index < -0.39 is 23.4 Å². The fourth-order valence-corrected chi connectivity index (χ4v) is 3.18. The van der Waals surface area contributed by atoms with Gasteiger partial charge in [-0.2, -0.15) is 0 Å². The zero-order chi connectivity index (χ0) is 14.9. The molecule has 0 radical (unpaired) electrons. The second kappa shape index (κ2) is 5.26. The Hall–Kier alpha value is -1.85. The molecule has 110 valence electrons. The second-order valence-corrected chi connectivity index (χ2v) is 5.89. The average molecular weight is 281 g/mol. The summed E-state index contributed by atoms with van der Waals surface area (Å²) in [5, 5.41) is 18.1. The Labute approximate surface area is 116 Å². The lowest BCUT2D eigenvalue weighted by Gasteiger charge is -2.27. The first-order valence-corrected chi connectivity index (χ1v) is 6.83. The molecule has 0 aliphatic heterocycles. The molecule has 0 bridgehead atoms. The molecule has 6 nitrogen and oxygen atoms in total. The Bertz CT molecular complexity index is 494. The molecule has 1 fully saturated rings. The maximum absolute atomic E-state index is 11.1. The number of carboxylic acids is 2. The summed E-state index contributed by atoms with van der Waals surface area (Å²) in [6.45, 7) is 4.17. The van der Waals surface area contributed by atoms with Crippen LogP contribution in [-0.4, -0.2) is 27.1 Å². The Kier molecular flexibility index (Phi) is 3.83. The van der Waals surface area contributed by atoms with Gasteiger partial charge < -0.3 is 14.6 Å². The number of aromatic carboxylic acids is 2. The first kappa shape index (κ1) is 14.6. The number of oxazole rings is 1. The molecule has 0 unspecified atom stereocenters. The highest BCUT2D eigenvalue weighted by atomic mass is 16.4. The smallest absolute Gasteiger partial charge is 0.374 e. The van der Waals surface area contributed by atoms with Gasteiger partial charge in [0.25, 0.3) is 0 Å². The number of carboxylic acid groups (broad SMARTS) is 2. The molecule has 6 heteroatoms. The number of nitrogens with zero attached hydrogens (tertiary/aromatic N) is 1. The highest BCUT2D eigenvalue weighted by Gasteiger charge is 2.42. The van der Waals surface area contributed by atoms with Crippen LogP contribution in [0.25, 0.3) is 0 Å². The number of hydrogen-bond acceptors (Lipinski definition) is 4. The quantitative estimate of drug-likeness (QED) is 0.860. The van der Waals surface area contributed by atoms with Crippen LogP contribution >= 0.6 is 0 Å². The van der Waals surface area contributed by atoms with E-state index in [-0.39, 0.29) is 11.3 Å². The van der Waals surface area contributed by atoms with Gasteiger partial charge in [0.05, 0.1) is 0 Å². The van der Waals surface area contributed by atoms with Crippen molar-refractivity contribution in [3.63, 3.8) is 0 Å². The largest absolute Gasteiger partial charge is 0.476 e. The van der Waals surface area contributed by atoms with Crippen molar-refractivity contribution >= 4 is 11.9 Å². The minimum absolute atomic E-state index is 0.276. The van der Waals surface area contributed by atoms with E-state index in [4.69, 9.17) is 14.6 Å². The lowest BCUT2D eigenvalue weighted by Crippen LogP contribution is -2.25. The first-order valence-electron chi connectivity index (χ1n) is 6.83. The van der Waals surface area contributed by atoms with Gasteiger partial charge in [-0.05, 0) is 25.2 Å². The van der Waals surface area contributed by atoms with Gasteiger partial charge in [-0.25, -0.2) is 14.6 Å².